The van der Waals surface area contributed by atoms with Crippen LogP contribution in [0.2, 0.25) is 0 Å². The molecule has 0 N–H and O–H groups in total. The minimum absolute atomic E-state index is 0.328. The van der Waals surface area contributed by atoms with Crippen LogP contribution in [0.15, 0.2) is 17.0 Å². The van der Waals surface area contributed by atoms with Crippen LogP contribution in [0.3, 0.4) is 0 Å². The molecule has 4 heterocycles. The van der Waals surface area contributed by atoms with Crippen LogP contribution in [0.25, 0.3) is 0 Å². The lowest BCUT2D eigenvalue weighted by Crippen LogP contribution is -2.49. The predicted octanol–water partition coefficient (Wildman–Crippen LogP) is 0.0896. The lowest BCUT2D eigenvalue weighted by Gasteiger charge is -2.35. The Kier molecular flexibility index (Phi) is 5.69. The minimum atomic E-state index is -3.56. The summed E-state index contributed by atoms with van der Waals surface area (Å²) >= 11 is 0. The van der Waals surface area contributed by atoms with Crippen LogP contribution < -0.4 is 9.80 Å². The minimum Gasteiger partial charge on any atom is -0.353 e. The van der Waals surface area contributed by atoms with Gasteiger partial charge in [0.1, 0.15) is 4.90 Å². The molecular weight excluding hydrogens is 404 g/mol. The first-order valence-corrected chi connectivity index (χ1v) is 11.7. The predicted molar refractivity (Wildman–Crippen MR) is 115 cm³/mol. The molecule has 164 valence electrons. The lowest BCUT2D eigenvalue weighted by atomic mass is 10.3. The summed E-state index contributed by atoms with van der Waals surface area (Å²) in [6, 6.07) is 4.00. The fraction of sp³-hybridized carbons (Fsp3) is 0.632. The summed E-state index contributed by atoms with van der Waals surface area (Å²) in [5, 5.41) is 13.1. The summed E-state index contributed by atoms with van der Waals surface area (Å²) < 4.78 is 29.5. The summed E-state index contributed by atoms with van der Waals surface area (Å²) in [6.45, 7) is 9.48. The average Bonchev–Trinajstić information content (AvgIpc) is 3.01. The van der Waals surface area contributed by atoms with Crippen molar-refractivity contribution in [2.24, 2.45) is 7.05 Å². The number of sulfonamides is 1. The number of hydrogen-bond acceptors (Lipinski definition) is 8. The molecule has 30 heavy (non-hydrogen) atoms. The zero-order valence-electron chi connectivity index (χ0n) is 18.1. The summed E-state index contributed by atoms with van der Waals surface area (Å²) in [6.07, 6.45) is 0. The SMILES string of the molecule is Cc1nn(C)c(C)c1S(=O)(=O)N1CCN(c2ccc(N3CCN(C)CC3)nn2)CC1. The van der Waals surface area contributed by atoms with Gasteiger partial charge < -0.3 is 14.7 Å². The number of nitrogens with zero attached hydrogens (tertiary/aromatic N) is 8. The normalized spacial score (nSPS) is 19.5. The maximum atomic E-state index is 13.1. The molecular formula is C19H30N8O2S. The molecule has 2 aromatic heterocycles. The summed E-state index contributed by atoms with van der Waals surface area (Å²) in [5.41, 5.74) is 1.21. The van der Waals surface area contributed by atoms with Crippen LogP contribution in [-0.2, 0) is 17.1 Å². The van der Waals surface area contributed by atoms with Gasteiger partial charge in [0.25, 0.3) is 0 Å². The van der Waals surface area contributed by atoms with Gasteiger partial charge in [-0.05, 0) is 33.0 Å². The van der Waals surface area contributed by atoms with Crippen LogP contribution >= 0.6 is 0 Å². The molecule has 0 unspecified atom stereocenters. The van der Waals surface area contributed by atoms with Gasteiger partial charge in [0.15, 0.2) is 11.6 Å². The highest BCUT2D eigenvalue weighted by Gasteiger charge is 2.33. The van der Waals surface area contributed by atoms with Crippen LogP contribution in [0.4, 0.5) is 11.6 Å². The van der Waals surface area contributed by atoms with Crippen molar-refractivity contribution in [1.29, 1.82) is 0 Å². The van der Waals surface area contributed by atoms with Crippen molar-refractivity contribution >= 4 is 21.7 Å². The second-order valence-electron chi connectivity index (χ2n) is 8.05. The van der Waals surface area contributed by atoms with E-state index in [1.165, 1.54) is 0 Å². The van der Waals surface area contributed by atoms with Crippen LogP contribution in [-0.4, -0.2) is 97.0 Å². The molecule has 0 amide bonds. The zero-order chi connectivity index (χ0) is 21.5. The molecule has 4 rings (SSSR count). The van der Waals surface area contributed by atoms with E-state index in [2.05, 4.69) is 37.0 Å². The van der Waals surface area contributed by atoms with Crippen molar-refractivity contribution in [2.75, 3.05) is 69.2 Å². The van der Waals surface area contributed by atoms with Gasteiger partial charge in [-0.15, -0.1) is 10.2 Å². The topological polar surface area (TPSA) is 90.7 Å². The molecule has 0 bridgehead atoms. The van der Waals surface area contributed by atoms with E-state index in [0.29, 0.717) is 42.5 Å². The molecule has 2 fully saturated rings. The Morgan fingerprint density at radius 2 is 1.30 bits per heavy atom. The third-order valence-electron chi connectivity index (χ3n) is 6.07. The molecule has 0 aromatic carbocycles. The quantitative estimate of drug-likeness (QED) is 0.669. The third-order valence-corrected chi connectivity index (χ3v) is 8.22. The Hall–Kier alpha value is -2.24. The lowest BCUT2D eigenvalue weighted by molar-refractivity contribution is 0.312. The van der Waals surface area contributed by atoms with Crippen LogP contribution in [0.5, 0.6) is 0 Å². The number of likely N-dealkylation sites (N-methyl/N-ethyl adjacent to an activating group) is 1. The Morgan fingerprint density at radius 3 is 1.73 bits per heavy atom. The second kappa shape index (κ2) is 8.12. The van der Waals surface area contributed by atoms with Crippen molar-refractivity contribution in [2.45, 2.75) is 18.7 Å². The highest BCUT2D eigenvalue weighted by atomic mass is 32.2. The van der Waals surface area contributed by atoms with Gasteiger partial charge in [-0.3, -0.25) is 4.68 Å². The maximum Gasteiger partial charge on any atom is 0.246 e. The van der Waals surface area contributed by atoms with Crippen molar-refractivity contribution in [3.05, 3.63) is 23.5 Å². The Balaban J connectivity index is 1.41. The van der Waals surface area contributed by atoms with Gasteiger partial charge in [-0.25, -0.2) is 8.42 Å². The van der Waals surface area contributed by atoms with E-state index in [0.717, 1.165) is 37.8 Å². The maximum absolute atomic E-state index is 13.1. The van der Waals surface area contributed by atoms with Gasteiger partial charge in [-0.1, -0.05) is 0 Å². The molecule has 11 heteroatoms. The number of anilines is 2. The smallest absolute Gasteiger partial charge is 0.246 e. The van der Waals surface area contributed by atoms with E-state index in [9.17, 15) is 8.42 Å². The van der Waals surface area contributed by atoms with Gasteiger partial charge >= 0.3 is 0 Å². The third kappa shape index (κ3) is 3.88. The van der Waals surface area contributed by atoms with E-state index < -0.39 is 10.0 Å². The molecule has 0 atom stereocenters. The number of piperazine rings is 2. The molecule has 0 aliphatic carbocycles. The van der Waals surface area contributed by atoms with Crippen LogP contribution in [0, 0.1) is 13.8 Å². The van der Waals surface area contributed by atoms with Crippen molar-refractivity contribution < 1.29 is 8.42 Å². The molecule has 2 aliphatic heterocycles. The van der Waals surface area contributed by atoms with Crippen molar-refractivity contribution in [3.63, 3.8) is 0 Å². The average molecular weight is 435 g/mol. The van der Waals surface area contributed by atoms with Gasteiger partial charge in [-0.2, -0.15) is 9.40 Å². The van der Waals surface area contributed by atoms with E-state index >= 15 is 0 Å². The number of rotatable bonds is 4. The first kappa shape index (κ1) is 21.0. The largest absolute Gasteiger partial charge is 0.353 e. The highest BCUT2D eigenvalue weighted by Crippen LogP contribution is 2.25. The highest BCUT2D eigenvalue weighted by molar-refractivity contribution is 7.89. The van der Waals surface area contributed by atoms with Crippen molar-refractivity contribution in [1.82, 2.24) is 29.2 Å². The number of aromatic nitrogens is 4. The Bertz CT molecular complexity index is 988. The molecule has 2 aromatic rings. The summed E-state index contributed by atoms with van der Waals surface area (Å²) in [5.74, 6) is 1.69. The van der Waals surface area contributed by atoms with E-state index in [1.54, 1.807) is 29.9 Å². The Labute approximate surface area is 178 Å². The second-order valence-corrected chi connectivity index (χ2v) is 9.93. The summed E-state index contributed by atoms with van der Waals surface area (Å²) in [4.78, 5) is 6.98. The van der Waals surface area contributed by atoms with Gasteiger partial charge in [0.2, 0.25) is 10.0 Å². The fourth-order valence-electron chi connectivity index (χ4n) is 4.11. The van der Waals surface area contributed by atoms with E-state index in [4.69, 9.17) is 0 Å². The Morgan fingerprint density at radius 1 is 0.800 bits per heavy atom. The van der Waals surface area contributed by atoms with E-state index in [1.807, 2.05) is 12.1 Å². The van der Waals surface area contributed by atoms with Gasteiger partial charge in [0, 0.05) is 59.4 Å². The molecule has 0 saturated carbocycles. The first-order chi connectivity index (χ1) is 14.3. The van der Waals surface area contributed by atoms with Crippen LogP contribution in [0.1, 0.15) is 11.4 Å². The number of hydrogen-bond donors (Lipinski definition) is 0. The monoisotopic (exact) mass is 434 g/mol. The standard InChI is InChI=1S/C19H30N8O2S/c1-15-19(16(2)24(4)22-15)30(28,29)27-13-11-26(12-14-27)18-6-5-17(20-21-18)25-9-7-23(3)8-10-25/h5-6H,7-14H2,1-4H3. The first-order valence-electron chi connectivity index (χ1n) is 10.3. The van der Waals surface area contributed by atoms with Gasteiger partial charge in [0.05, 0.1) is 11.4 Å². The zero-order valence-corrected chi connectivity index (χ0v) is 18.9. The summed E-state index contributed by atoms with van der Waals surface area (Å²) in [7, 11) is 0.338. The molecule has 0 spiro atoms. The molecule has 10 nitrogen and oxygen atoms in total. The van der Waals surface area contributed by atoms with E-state index in [-0.39, 0.29) is 0 Å². The fourth-order valence-corrected chi connectivity index (χ4v) is 5.93. The van der Waals surface area contributed by atoms with Crippen molar-refractivity contribution in [3.8, 4) is 0 Å². The number of aryl methyl sites for hydroxylation is 2. The molecule has 2 saturated heterocycles. The molecule has 0 radical (unpaired) electrons. The molecule has 2 aliphatic rings.